The van der Waals surface area contributed by atoms with Crippen LogP contribution in [-0.2, 0) is 12.8 Å². The van der Waals surface area contributed by atoms with Crippen LogP contribution < -0.4 is 14.2 Å². The molecule has 0 atom stereocenters. The second-order valence-corrected chi connectivity index (χ2v) is 7.55. The molecule has 0 amide bonds. The van der Waals surface area contributed by atoms with E-state index in [2.05, 4.69) is 0 Å². The maximum atomic E-state index is 11.3. The van der Waals surface area contributed by atoms with Crippen LogP contribution in [0.3, 0.4) is 0 Å². The number of hydrogen-bond donors (Lipinski definition) is 2. The van der Waals surface area contributed by atoms with Crippen molar-refractivity contribution in [3.63, 3.8) is 0 Å². The van der Waals surface area contributed by atoms with Crippen LogP contribution in [0.15, 0.2) is 0 Å². The van der Waals surface area contributed by atoms with Crippen LogP contribution in [-0.4, -0.2) is 29.6 Å². The molecule has 0 heterocycles. The van der Waals surface area contributed by atoms with Crippen molar-refractivity contribution in [2.45, 2.75) is 67.2 Å². The van der Waals surface area contributed by atoms with Crippen molar-refractivity contribution in [2.75, 3.05) is 13.2 Å². The number of rotatable bonds is 11. The van der Waals surface area contributed by atoms with Crippen molar-refractivity contribution in [1.82, 2.24) is 0 Å². The van der Waals surface area contributed by atoms with E-state index < -0.39 is 6.16 Å². The van der Waals surface area contributed by atoms with Gasteiger partial charge >= 0.3 is 6.16 Å². The van der Waals surface area contributed by atoms with Crippen molar-refractivity contribution >= 4 is 6.16 Å². The van der Waals surface area contributed by atoms with Crippen LogP contribution in [0.2, 0.25) is 0 Å². The highest BCUT2D eigenvalue weighted by atomic mass is 16.7. The quantitative estimate of drug-likeness (QED) is 0.392. The highest BCUT2D eigenvalue weighted by Gasteiger charge is 2.29. The molecule has 0 aliphatic carbocycles. The van der Waals surface area contributed by atoms with E-state index in [0.29, 0.717) is 48.7 Å². The van der Waals surface area contributed by atoms with Gasteiger partial charge in [-0.1, -0.05) is 41.5 Å². The first kappa shape index (κ1) is 22.9. The van der Waals surface area contributed by atoms with Crippen LogP contribution >= 0.6 is 0 Å². The molecule has 2 N–H and O–H groups in total. The molecule has 1 rings (SSSR count). The maximum Gasteiger partial charge on any atom is 0.511 e. The van der Waals surface area contributed by atoms with E-state index in [-0.39, 0.29) is 23.3 Å². The van der Waals surface area contributed by atoms with Gasteiger partial charge in [0.15, 0.2) is 23.0 Å². The Bertz CT molecular complexity index is 622. The molecule has 0 spiro atoms. The second-order valence-electron chi connectivity index (χ2n) is 7.55. The standard InChI is InChI=1S/C21H34O6/c1-7-9-25-19-15(11-13(3)4)17(22)18(27-21(23)24)16(12-14(5)6)20(19)26-10-8-2/h13-14,22H,7-12H2,1-6H3,(H,23,24). The minimum absolute atomic E-state index is 0.0400. The largest absolute Gasteiger partial charge is 0.511 e. The minimum Gasteiger partial charge on any atom is -0.504 e. The van der Waals surface area contributed by atoms with Crippen LogP contribution in [0.4, 0.5) is 4.79 Å². The molecule has 6 heteroatoms. The predicted octanol–water partition coefficient (Wildman–Crippen LogP) is 5.42. The molecule has 0 aromatic heterocycles. The van der Waals surface area contributed by atoms with E-state index in [4.69, 9.17) is 14.2 Å². The van der Waals surface area contributed by atoms with Crippen molar-refractivity contribution in [1.29, 1.82) is 0 Å². The van der Waals surface area contributed by atoms with Crippen LogP contribution in [0.5, 0.6) is 23.0 Å². The van der Waals surface area contributed by atoms with Gasteiger partial charge in [-0.05, 0) is 37.5 Å². The Hall–Kier alpha value is -2.11. The van der Waals surface area contributed by atoms with E-state index in [1.807, 2.05) is 41.5 Å². The molecule has 0 radical (unpaired) electrons. The van der Waals surface area contributed by atoms with Crippen molar-refractivity contribution in [3.8, 4) is 23.0 Å². The predicted molar refractivity (Wildman–Crippen MR) is 105 cm³/mol. The highest BCUT2D eigenvalue weighted by Crippen LogP contribution is 2.50. The Labute approximate surface area is 162 Å². The molecule has 0 aliphatic heterocycles. The first-order valence-corrected chi connectivity index (χ1v) is 9.79. The van der Waals surface area contributed by atoms with Crippen molar-refractivity contribution < 1.29 is 29.2 Å². The summed E-state index contributed by atoms with van der Waals surface area (Å²) in [6, 6.07) is 0. The number of phenolic OH excluding ortho intramolecular Hbond substituents is 1. The molecular formula is C21H34O6. The molecule has 0 bridgehead atoms. The fourth-order valence-electron chi connectivity index (χ4n) is 2.87. The molecule has 154 valence electrons. The lowest BCUT2D eigenvalue weighted by atomic mass is 9.93. The van der Waals surface area contributed by atoms with Gasteiger partial charge in [-0.15, -0.1) is 0 Å². The Morgan fingerprint density at radius 3 is 1.70 bits per heavy atom. The third-order valence-corrected chi connectivity index (χ3v) is 3.84. The van der Waals surface area contributed by atoms with Gasteiger partial charge < -0.3 is 24.4 Å². The summed E-state index contributed by atoms with van der Waals surface area (Å²) in [5, 5.41) is 20.1. The molecule has 0 aliphatic rings. The summed E-state index contributed by atoms with van der Waals surface area (Å²) in [6.07, 6.45) is 1.16. The molecule has 27 heavy (non-hydrogen) atoms. The Balaban J connectivity index is 3.76. The van der Waals surface area contributed by atoms with E-state index in [9.17, 15) is 15.0 Å². The third-order valence-electron chi connectivity index (χ3n) is 3.84. The third kappa shape index (κ3) is 6.52. The van der Waals surface area contributed by atoms with Crippen LogP contribution in [0.1, 0.15) is 65.5 Å². The van der Waals surface area contributed by atoms with Gasteiger partial charge in [0, 0.05) is 11.1 Å². The number of carbonyl (C=O) groups is 1. The van der Waals surface area contributed by atoms with Crippen molar-refractivity contribution in [2.24, 2.45) is 11.8 Å². The smallest absolute Gasteiger partial charge is 0.504 e. The van der Waals surface area contributed by atoms with Crippen molar-refractivity contribution in [3.05, 3.63) is 11.1 Å². The van der Waals surface area contributed by atoms with Gasteiger partial charge in [-0.3, -0.25) is 0 Å². The molecule has 0 saturated heterocycles. The lowest BCUT2D eigenvalue weighted by Gasteiger charge is -2.24. The van der Waals surface area contributed by atoms with Gasteiger partial charge in [0.05, 0.1) is 13.2 Å². The summed E-state index contributed by atoms with van der Waals surface area (Å²) >= 11 is 0. The van der Waals surface area contributed by atoms with Gasteiger partial charge in [-0.2, -0.15) is 0 Å². The highest BCUT2D eigenvalue weighted by molar-refractivity contribution is 5.71. The molecule has 0 fully saturated rings. The summed E-state index contributed by atoms with van der Waals surface area (Å²) in [6.45, 7) is 13.0. The molecule has 1 aromatic rings. The first-order chi connectivity index (χ1) is 12.7. The first-order valence-electron chi connectivity index (χ1n) is 9.79. The number of aromatic hydroxyl groups is 1. The summed E-state index contributed by atoms with van der Waals surface area (Å²) in [5.74, 6) is 1.22. The number of hydrogen-bond acceptors (Lipinski definition) is 5. The lowest BCUT2D eigenvalue weighted by Crippen LogP contribution is -2.13. The topological polar surface area (TPSA) is 85.2 Å². The Kier molecular flexibility index (Phi) is 9.26. The molecule has 0 saturated carbocycles. The van der Waals surface area contributed by atoms with Gasteiger partial charge in [-0.25, -0.2) is 4.79 Å². The van der Waals surface area contributed by atoms with Crippen LogP contribution in [0, 0.1) is 11.8 Å². The van der Waals surface area contributed by atoms with Gasteiger partial charge in [0.1, 0.15) is 0 Å². The van der Waals surface area contributed by atoms with E-state index in [0.717, 1.165) is 12.8 Å². The fraction of sp³-hybridized carbons (Fsp3) is 0.667. The minimum atomic E-state index is -1.46. The number of phenols is 1. The normalized spacial score (nSPS) is 11.1. The molecule has 6 nitrogen and oxygen atoms in total. The summed E-state index contributed by atoms with van der Waals surface area (Å²) in [4.78, 5) is 11.3. The lowest BCUT2D eigenvalue weighted by molar-refractivity contribution is 0.141. The SMILES string of the molecule is CCCOc1c(CC(C)C)c(O)c(OC(=O)O)c(CC(C)C)c1OCCC. The summed E-state index contributed by atoms with van der Waals surface area (Å²) < 4.78 is 17.0. The molecule has 1 aromatic carbocycles. The maximum absolute atomic E-state index is 11.3. The van der Waals surface area contributed by atoms with E-state index in [1.165, 1.54) is 0 Å². The second kappa shape index (κ2) is 10.9. The summed E-state index contributed by atoms with van der Waals surface area (Å²) in [7, 11) is 0. The average molecular weight is 382 g/mol. The Morgan fingerprint density at radius 2 is 1.30 bits per heavy atom. The number of benzene rings is 1. The average Bonchev–Trinajstić information content (AvgIpc) is 2.57. The van der Waals surface area contributed by atoms with Crippen LogP contribution in [0.25, 0.3) is 0 Å². The zero-order valence-corrected chi connectivity index (χ0v) is 17.4. The molecular weight excluding hydrogens is 348 g/mol. The number of ether oxygens (including phenoxy) is 3. The number of carboxylic acid groups (broad SMARTS) is 1. The molecule has 0 unspecified atom stereocenters. The zero-order chi connectivity index (χ0) is 20.6. The fourth-order valence-corrected chi connectivity index (χ4v) is 2.87. The summed E-state index contributed by atoms with van der Waals surface area (Å²) in [5.41, 5.74) is 1.07. The monoisotopic (exact) mass is 382 g/mol. The van der Waals surface area contributed by atoms with Gasteiger partial charge in [0.25, 0.3) is 0 Å². The van der Waals surface area contributed by atoms with E-state index >= 15 is 0 Å². The van der Waals surface area contributed by atoms with Gasteiger partial charge in [0.2, 0.25) is 0 Å². The zero-order valence-electron chi connectivity index (χ0n) is 17.4. The van der Waals surface area contributed by atoms with E-state index in [1.54, 1.807) is 0 Å². The Morgan fingerprint density at radius 1 is 0.852 bits per heavy atom.